The number of halogens is 1. The smallest absolute Gasteiger partial charge is 0.0920 e. The molecular formula is C26H27ClN2O. The molecule has 0 amide bonds. The SMILES string of the molecule is N#CC(CCCN1CCC(O)(c2ccc(Cl)cc2)CC1)c1cccc2ccccc12. The number of hydrogen-bond donors (Lipinski definition) is 1. The molecule has 1 aliphatic rings. The van der Waals surface area contributed by atoms with Crippen LogP contribution in [-0.2, 0) is 5.60 Å². The molecule has 3 nitrogen and oxygen atoms in total. The highest BCUT2D eigenvalue weighted by atomic mass is 35.5. The van der Waals surface area contributed by atoms with Crippen molar-refractivity contribution in [1.82, 2.24) is 4.90 Å². The summed E-state index contributed by atoms with van der Waals surface area (Å²) in [5, 5.41) is 23.9. The van der Waals surface area contributed by atoms with Crippen molar-refractivity contribution in [2.75, 3.05) is 19.6 Å². The van der Waals surface area contributed by atoms with Gasteiger partial charge in [-0.2, -0.15) is 5.26 Å². The number of rotatable bonds is 6. The van der Waals surface area contributed by atoms with Crippen molar-refractivity contribution < 1.29 is 5.11 Å². The van der Waals surface area contributed by atoms with Crippen LogP contribution >= 0.6 is 11.6 Å². The van der Waals surface area contributed by atoms with Crippen molar-refractivity contribution in [2.24, 2.45) is 0 Å². The van der Waals surface area contributed by atoms with Crippen LogP contribution in [0.25, 0.3) is 10.8 Å². The number of benzene rings is 3. The average molecular weight is 419 g/mol. The van der Waals surface area contributed by atoms with Crippen molar-refractivity contribution in [3.05, 3.63) is 82.9 Å². The van der Waals surface area contributed by atoms with Crippen molar-refractivity contribution in [3.8, 4) is 6.07 Å². The van der Waals surface area contributed by atoms with Gasteiger partial charge in [-0.3, -0.25) is 0 Å². The van der Waals surface area contributed by atoms with Gasteiger partial charge in [-0.25, -0.2) is 0 Å². The lowest BCUT2D eigenvalue weighted by molar-refractivity contribution is -0.0261. The third-order valence-electron chi connectivity index (χ3n) is 6.39. The average Bonchev–Trinajstić information content (AvgIpc) is 2.78. The fourth-order valence-electron chi connectivity index (χ4n) is 4.56. The van der Waals surface area contributed by atoms with E-state index in [1.165, 1.54) is 10.8 Å². The lowest BCUT2D eigenvalue weighted by atomic mass is 9.84. The second-order valence-corrected chi connectivity index (χ2v) is 8.71. The zero-order chi connectivity index (χ0) is 21.0. The normalized spacial score (nSPS) is 17.5. The molecule has 4 rings (SSSR count). The zero-order valence-corrected chi connectivity index (χ0v) is 17.9. The maximum Gasteiger partial charge on any atom is 0.0920 e. The Labute approximate surface area is 183 Å². The third-order valence-corrected chi connectivity index (χ3v) is 6.64. The van der Waals surface area contributed by atoms with Gasteiger partial charge in [0, 0.05) is 18.1 Å². The first-order valence-electron chi connectivity index (χ1n) is 10.7. The molecular weight excluding hydrogens is 392 g/mol. The Hall–Kier alpha value is -2.38. The molecule has 154 valence electrons. The minimum absolute atomic E-state index is 0.0908. The molecule has 1 saturated heterocycles. The lowest BCUT2D eigenvalue weighted by Gasteiger charge is -2.38. The van der Waals surface area contributed by atoms with E-state index < -0.39 is 5.60 Å². The standard InChI is InChI=1S/C26H27ClN2O/c27-23-12-10-22(11-13-23)26(30)14-17-29(18-15-26)16-4-7-21(19-28)25-9-3-6-20-5-1-2-8-24(20)25/h1-3,5-6,8-13,21,30H,4,7,14-18H2. The van der Waals surface area contributed by atoms with Gasteiger partial charge in [0.2, 0.25) is 0 Å². The highest BCUT2D eigenvalue weighted by Crippen LogP contribution is 2.34. The van der Waals surface area contributed by atoms with Gasteiger partial charge >= 0.3 is 0 Å². The van der Waals surface area contributed by atoms with Gasteiger partial charge in [-0.05, 0) is 66.3 Å². The van der Waals surface area contributed by atoms with E-state index in [0.717, 1.165) is 56.4 Å². The van der Waals surface area contributed by atoms with Crippen LogP contribution in [0.5, 0.6) is 0 Å². The highest BCUT2D eigenvalue weighted by molar-refractivity contribution is 6.30. The van der Waals surface area contributed by atoms with E-state index in [9.17, 15) is 10.4 Å². The summed E-state index contributed by atoms with van der Waals surface area (Å²) in [7, 11) is 0. The second kappa shape index (κ2) is 9.18. The molecule has 30 heavy (non-hydrogen) atoms. The summed E-state index contributed by atoms with van der Waals surface area (Å²) < 4.78 is 0. The van der Waals surface area contributed by atoms with Gasteiger partial charge in [0.15, 0.2) is 0 Å². The van der Waals surface area contributed by atoms with E-state index in [1.54, 1.807) is 0 Å². The molecule has 0 spiro atoms. The molecule has 1 unspecified atom stereocenters. The quantitative estimate of drug-likeness (QED) is 0.545. The summed E-state index contributed by atoms with van der Waals surface area (Å²) in [6, 6.07) is 24.6. The number of nitriles is 1. The fourth-order valence-corrected chi connectivity index (χ4v) is 4.68. The highest BCUT2D eigenvalue weighted by Gasteiger charge is 2.33. The Morgan fingerprint density at radius 1 is 1.00 bits per heavy atom. The van der Waals surface area contributed by atoms with E-state index in [-0.39, 0.29) is 5.92 Å². The van der Waals surface area contributed by atoms with Gasteiger partial charge in [0.1, 0.15) is 0 Å². The molecule has 1 N–H and O–H groups in total. The van der Waals surface area contributed by atoms with Crippen LogP contribution in [0.1, 0.15) is 42.7 Å². The van der Waals surface area contributed by atoms with Crippen LogP contribution in [0, 0.1) is 11.3 Å². The van der Waals surface area contributed by atoms with E-state index in [4.69, 9.17) is 11.6 Å². The number of hydrogen-bond acceptors (Lipinski definition) is 3. The molecule has 0 saturated carbocycles. The van der Waals surface area contributed by atoms with E-state index in [1.807, 2.05) is 42.5 Å². The van der Waals surface area contributed by atoms with Crippen LogP contribution in [0.15, 0.2) is 66.7 Å². The summed E-state index contributed by atoms with van der Waals surface area (Å²) in [5.74, 6) is -0.0908. The predicted octanol–water partition coefficient (Wildman–Crippen LogP) is 5.86. The third kappa shape index (κ3) is 4.52. The summed E-state index contributed by atoms with van der Waals surface area (Å²) >= 11 is 5.98. The number of likely N-dealkylation sites (tertiary alicyclic amines) is 1. The van der Waals surface area contributed by atoms with E-state index in [2.05, 4.69) is 35.2 Å². The Balaban J connectivity index is 1.32. The first-order valence-corrected chi connectivity index (χ1v) is 11.0. The Morgan fingerprint density at radius 3 is 2.43 bits per heavy atom. The fraction of sp³-hybridized carbons (Fsp3) is 0.346. The zero-order valence-electron chi connectivity index (χ0n) is 17.1. The topological polar surface area (TPSA) is 47.3 Å². The van der Waals surface area contributed by atoms with Gasteiger partial charge in [0.05, 0.1) is 17.6 Å². The summed E-state index contributed by atoms with van der Waals surface area (Å²) in [6.45, 7) is 2.69. The molecule has 1 aliphatic heterocycles. The Morgan fingerprint density at radius 2 is 1.70 bits per heavy atom. The first-order chi connectivity index (χ1) is 14.6. The monoisotopic (exact) mass is 418 g/mol. The molecule has 0 radical (unpaired) electrons. The van der Waals surface area contributed by atoms with Crippen molar-refractivity contribution in [3.63, 3.8) is 0 Å². The van der Waals surface area contributed by atoms with Crippen LogP contribution in [0.4, 0.5) is 0 Å². The molecule has 1 heterocycles. The van der Waals surface area contributed by atoms with Crippen LogP contribution in [-0.4, -0.2) is 29.6 Å². The first kappa shape index (κ1) is 20.9. The van der Waals surface area contributed by atoms with Gasteiger partial charge in [-0.15, -0.1) is 0 Å². The molecule has 3 aromatic carbocycles. The molecule has 0 bridgehead atoms. The van der Waals surface area contributed by atoms with Crippen molar-refractivity contribution >= 4 is 22.4 Å². The number of piperidine rings is 1. The summed E-state index contributed by atoms with van der Waals surface area (Å²) in [5.41, 5.74) is 1.32. The van der Waals surface area contributed by atoms with Gasteiger partial charge < -0.3 is 10.0 Å². The van der Waals surface area contributed by atoms with Gasteiger partial charge in [-0.1, -0.05) is 66.2 Å². The minimum Gasteiger partial charge on any atom is -0.385 e. The van der Waals surface area contributed by atoms with Crippen LogP contribution in [0.2, 0.25) is 5.02 Å². The van der Waals surface area contributed by atoms with Crippen LogP contribution < -0.4 is 0 Å². The number of aliphatic hydroxyl groups is 1. The predicted molar refractivity (Wildman–Crippen MR) is 123 cm³/mol. The number of fused-ring (bicyclic) bond motifs is 1. The molecule has 3 aromatic rings. The maximum absolute atomic E-state index is 11.0. The summed E-state index contributed by atoms with van der Waals surface area (Å²) in [6.07, 6.45) is 3.27. The lowest BCUT2D eigenvalue weighted by Crippen LogP contribution is -2.42. The molecule has 4 heteroatoms. The second-order valence-electron chi connectivity index (χ2n) is 8.27. The molecule has 0 aromatic heterocycles. The minimum atomic E-state index is -0.765. The van der Waals surface area contributed by atoms with Gasteiger partial charge in [0.25, 0.3) is 0 Å². The molecule has 1 fully saturated rings. The van der Waals surface area contributed by atoms with Crippen molar-refractivity contribution in [1.29, 1.82) is 5.26 Å². The van der Waals surface area contributed by atoms with Crippen molar-refractivity contribution in [2.45, 2.75) is 37.2 Å². The number of nitrogens with zero attached hydrogens (tertiary/aromatic N) is 2. The maximum atomic E-state index is 11.0. The Bertz CT molecular complexity index is 1030. The largest absolute Gasteiger partial charge is 0.385 e. The van der Waals surface area contributed by atoms with Crippen LogP contribution in [0.3, 0.4) is 0 Å². The molecule has 1 atom stereocenters. The Kier molecular flexibility index (Phi) is 6.39. The van der Waals surface area contributed by atoms with E-state index in [0.29, 0.717) is 5.02 Å². The summed E-state index contributed by atoms with van der Waals surface area (Å²) in [4.78, 5) is 2.40. The molecule has 0 aliphatic carbocycles. The van der Waals surface area contributed by atoms with E-state index >= 15 is 0 Å².